The van der Waals surface area contributed by atoms with Crippen molar-refractivity contribution in [2.24, 2.45) is 0 Å². The summed E-state index contributed by atoms with van der Waals surface area (Å²) in [5.41, 5.74) is 0. The van der Waals surface area contributed by atoms with Crippen molar-refractivity contribution in [3.8, 4) is 11.5 Å². The summed E-state index contributed by atoms with van der Waals surface area (Å²) in [6.45, 7) is 0. The van der Waals surface area contributed by atoms with Crippen LogP contribution < -0.4 is 9.47 Å². The van der Waals surface area contributed by atoms with E-state index >= 15 is 0 Å². The molecule has 0 N–H and O–H groups in total. The minimum atomic E-state index is -4.69. The Morgan fingerprint density at radius 2 is 1.56 bits per heavy atom. The largest absolute Gasteiger partial charge is 0.573 e. The number of alkyl halides is 3. The van der Waals surface area contributed by atoms with Crippen LogP contribution in [0.1, 0.15) is 32.1 Å². The van der Waals surface area contributed by atoms with Crippen LogP contribution in [0.2, 0.25) is 0 Å². The molecule has 0 amide bonds. The van der Waals surface area contributed by atoms with Gasteiger partial charge in [0.1, 0.15) is 0 Å². The molecule has 1 aliphatic rings. The molecule has 1 fully saturated rings. The summed E-state index contributed by atoms with van der Waals surface area (Å²) >= 11 is 0. The molecule has 0 bridgehead atoms. The lowest BCUT2D eigenvalue weighted by Crippen LogP contribution is -2.22. The highest BCUT2D eigenvalue weighted by Crippen LogP contribution is 2.34. The first-order valence-electron chi connectivity index (χ1n) is 6.06. The second-order valence-electron chi connectivity index (χ2n) is 4.37. The van der Waals surface area contributed by atoms with E-state index in [1.165, 1.54) is 24.6 Å². The fraction of sp³-hybridized carbons (Fsp3) is 0.538. The fourth-order valence-electron chi connectivity index (χ4n) is 2.12. The quantitative estimate of drug-likeness (QED) is 0.806. The summed E-state index contributed by atoms with van der Waals surface area (Å²) in [7, 11) is 0. The van der Waals surface area contributed by atoms with Gasteiger partial charge < -0.3 is 9.47 Å². The molecule has 0 unspecified atom stereocenters. The van der Waals surface area contributed by atoms with Gasteiger partial charge in [0, 0.05) is 0 Å². The molecule has 1 aliphatic carbocycles. The lowest BCUT2D eigenvalue weighted by molar-refractivity contribution is -0.275. The molecular formula is C13H15F3O2. The van der Waals surface area contributed by atoms with Crippen molar-refractivity contribution in [2.75, 3.05) is 0 Å². The molecule has 0 heterocycles. The summed E-state index contributed by atoms with van der Waals surface area (Å²) in [5, 5.41) is 0. The van der Waals surface area contributed by atoms with Gasteiger partial charge in [0.25, 0.3) is 0 Å². The lowest BCUT2D eigenvalue weighted by Gasteiger charge is -2.24. The molecule has 0 aliphatic heterocycles. The van der Waals surface area contributed by atoms with Crippen molar-refractivity contribution in [1.82, 2.24) is 0 Å². The average Bonchev–Trinajstić information content (AvgIpc) is 2.31. The highest BCUT2D eigenvalue weighted by molar-refractivity contribution is 5.39. The Bertz CT molecular complexity index is 384. The Morgan fingerprint density at radius 3 is 2.17 bits per heavy atom. The Labute approximate surface area is 104 Å². The summed E-state index contributed by atoms with van der Waals surface area (Å²) in [6, 6.07) is 5.91. The van der Waals surface area contributed by atoms with Gasteiger partial charge in [0.15, 0.2) is 11.5 Å². The van der Waals surface area contributed by atoms with E-state index in [2.05, 4.69) is 4.74 Å². The third-order valence-corrected chi connectivity index (χ3v) is 2.92. The first kappa shape index (κ1) is 13.1. The molecule has 5 heteroatoms. The smallest absolute Gasteiger partial charge is 0.487 e. The zero-order valence-corrected chi connectivity index (χ0v) is 9.87. The lowest BCUT2D eigenvalue weighted by atomic mass is 9.98. The molecule has 100 valence electrons. The number of para-hydroxylation sites is 2. The van der Waals surface area contributed by atoms with Crippen LogP contribution in [0.4, 0.5) is 13.2 Å². The zero-order valence-electron chi connectivity index (χ0n) is 9.87. The number of hydrogen-bond acceptors (Lipinski definition) is 2. The number of rotatable bonds is 3. The van der Waals surface area contributed by atoms with Gasteiger partial charge in [-0.2, -0.15) is 0 Å². The predicted octanol–water partition coefficient (Wildman–Crippen LogP) is 4.30. The van der Waals surface area contributed by atoms with Gasteiger partial charge in [0.05, 0.1) is 6.10 Å². The van der Waals surface area contributed by atoms with Gasteiger partial charge in [-0.25, -0.2) is 0 Å². The van der Waals surface area contributed by atoms with Crippen molar-refractivity contribution < 1.29 is 22.6 Å². The molecule has 1 aromatic carbocycles. The summed E-state index contributed by atoms with van der Waals surface area (Å²) < 4.78 is 46.2. The summed E-state index contributed by atoms with van der Waals surface area (Å²) in [4.78, 5) is 0. The normalized spacial score (nSPS) is 17.5. The van der Waals surface area contributed by atoms with Gasteiger partial charge >= 0.3 is 6.36 Å². The predicted molar refractivity (Wildman–Crippen MR) is 60.6 cm³/mol. The van der Waals surface area contributed by atoms with Crippen LogP contribution in [-0.4, -0.2) is 12.5 Å². The van der Waals surface area contributed by atoms with Crippen LogP contribution in [-0.2, 0) is 0 Å². The Hall–Kier alpha value is -1.39. The first-order chi connectivity index (χ1) is 8.54. The van der Waals surface area contributed by atoms with Crippen LogP contribution in [0, 0.1) is 0 Å². The maximum atomic E-state index is 12.2. The topological polar surface area (TPSA) is 18.5 Å². The number of ether oxygens (including phenoxy) is 2. The van der Waals surface area contributed by atoms with E-state index < -0.39 is 6.36 Å². The number of halogens is 3. The van der Waals surface area contributed by atoms with Crippen LogP contribution in [0.3, 0.4) is 0 Å². The Morgan fingerprint density at radius 1 is 0.944 bits per heavy atom. The van der Waals surface area contributed by atoms with E-state index in [0.29, 0.717) is 0 Å². The molecule has 2 nitrogen and oxygen atoms in total. The molecule has 0 radical (unpaired) electrons. The first-order valence-corrected chi connectivity index (χ1v) is 6.06. The maximum Gasteiger partial charge on any atom is 0.573 e. The van der Waals surface area contributed by atoms with E-state index in [-0.39, 0.29) is 17.6 Å². The fourth-order valence-corrected chi connectivity index (χ4v) is 2.12. The average molecular weight is 260 g/mol. The standard InChI is InChI=1S/C13H15F3O2/c14-13(15,16)18-12-9-5-4-8-11(12)17-10-6-2-1-3-7-10/h4-5,8-10H,1-3,6-7H2. The Balaban J connectivity index is 2.06. The van der Waals surface area contributed by atoms with Gasteiger partial charge in [0.2, 0.25) is 0 Å². The van der Waals surface area contributed by atoms with Crippen molar-refractivity contribution in [1.29, 1.82) is 0 Å². The van der Waals surface area contributed by atoms with E-state index in [1.807, 2.05) is 0 Å². The molecule has 18 heavy (non-hydrogen) atoms. The van der Waals surface area contributed by atoms with Crippen molar-refractivity contribution in [3.63, 3.8) is 0 Å². The van der Waals surface area contributed by atoms with Crippen LogP contribution in [0.5, 0.6) is 11.5 Å². The van der Waals surface area contributed by atoms with E-state index in [1.54, 1.807) is 6.07 Å². The maximum absolute atomic E-state index is 12.2. The van der Waals surface area contributed by atoms with Crippen molar-refractivity contribution in [3.05, 3.63) is 24.3 Å². The second kappa shape index (κ2) is 5.50. The van der Waals surface area contributed by atoms with Gasteiger partial charge in [-0.1, -0.05) is 18.6 Å². The zero-order chi connectivity index (χ0) is 13.0. The van der Waals surface area contributed by atoms with E-state index in [0.717, 1.165) is 25.7 Å². The third-order valence-electron chi connectivity index (χ3n) is 2.92. The molecule has 0 atom stereocenters. The minimum absolute atomic E-state index is 0.00302. The van der Waals surface area contributed by atoms with Gasteiger partial charge in [-0.05, 0) is 37.8 Å². The number of benzene rings is 1. The SMILES string of the molecule is FC(F)(F)Oc1ccccc1OC1CCCCC1. The molecule has 1 saturated carbocycles. The molecule has 0 spiro atoms. The highest BCUT2D eigenvalue weighted by atomic mass is 19.4. The molecule has 1 aromatic rings. The Kier molecular flexibility index (Phi) is 3.99. The van der Waals surface area contributed by atoms with Crippen LogP contribution in [0.15, 0.2) is 24.3 Å². The molecular weight excluding hydrogens is 245 g/mol. The van der Waals surface area contributed by atoms with Crippen molar-refractivity contribution >= 4 is 0 Å². The second-order valence-corrected chi connectivity index (χ2v) is 4.37. The summed E-state index contributed by atoms with van der Waals surface area (Å²) in [6.07, 6.45) is 0.379. The minimum Gasteiger partial charge on any atom is -0.487 e. The number of hydrogen-bond donors (Lipinski definition) is 0. The highest BCUT2D eigenvalue weighted by Gasteiger charge is 2.32. The van der Waals surface area contributed by atoms with Crippen LogP contribution in [0.25, 0.3) is 0 Å². The van der Waals surface area contributed by atoms with E-state index in [9.17, 15) is 13.2 Å². The third kappa shape index (κ3) is 3.82. The summed E-state index contributed by atoms with van der Waals surface area (Å²) in [5.74, 6) is -0.0997. The molecule has 2 rings (SSSR count). The van der Waals surface area contributed by atoms with Crippen molar-refractivity contribution in [2.45, 2.75) is 44.6 Å². The van der Waals surface area contributed by atoms with Crippen LogP contribution >= 0.6 is 0 Å². The van der Waals surface area contributed by atoms with Gasteiger partial charge in [-0.15, -0.1) is 13.2 Å². The molecule has 0 aromatic heterocycles. The van der Waals surface area contributed by atoms with E-state index in [4.69, 9.17) is 4.74 Å². The van der Waals surface area contributed by atoms with Gasteiger partial charge in [-0.3, -0.25) is 0 Å². The monoisotopic (exact) mass is 260 g/mol. The molecule has 0 saturated heterocycles.